The van der Waals surface area contributed by atoms with Gasteiger partial charge in [-0.2, -0.15) is 18.3 Å². The summed E-state index contributed by atoms with van der Waals surface area (Å²) < 4.78 is 41.7. The molecule has 0 N–H and O–H groups in total. The van der Waals surface area contributed by atoms with Crippen LogP contribution in [0.4, 0.5) is 18.9 Å². The van der Waals surface area contributed by atoms with Crippen LogP contribution in [0.15, 0.2) is 30.3 Å². The average molecular weight is 462 g/mol. The molecule has 33 heavy (non-hydrogen) atoms. The van der Waals surface area contributed by atoms with Crippen molar-refractivity contribution in [2.24, 2.45) is 11.8 Å². The van der Waals surface area contributed by atoms with Crippen molar-refractivity contribution >= 4 is 17.4 Å². The Hall–Kier alpha value is -2.64. The molecule has 8 heteroatoms. The average Bonchev–Trinajstić information content (AvgIpc) is 3.14. The Morgan fingerprint density at radius 3 is 2.45 bits per heavy atom. The van der Waals surface area contributed by atoms with Crippen LogP contribution in [-0.2, 0) is 35.2 Å². The fraction of sp³-hybridized carbons (Fsp3) is 0.560. The van der Waals surface area contributed by atoms with Crippen LogP contribution in [0.5, 0.6) is 0 Å². The minimum absolute atomic E-state index is 0.0164. The zero-order valence-electron chi connectivity index (χ0n) is 18.9. The molecule has 1 atom stereocenters. The minimum atomic E-state index is -4.53. The van der Waals surface area contributed by atoms with Gasteiger partial charge in [-0.05, 0) is 50.2 Å². The van der Waals surface area contributed by atoms with Gasteiger partial charge in [0, 0.05) is 36.3 Å². The molecule has 0 spiro atoms. The molecule has 2 aliphatic rings. The number of nitrogens with zero attached hydrogens (tertiary/aromatic N) is 3. The van der Waals surface area contributed by atoms with Crippen molar-refractivity contribution < 1.29 is 22.8 Å². The molecule has 1 unspecified atom stereocenters. The van der Waals surface area contributed by atoms with E-state index in [0.717, 1.165) is 31.4 Å². The van der Waals surface area contributed by atoms with E-state index in [0.29, 0.717) is 37.3 Å². The number of para-hydroxylation sites is 1. The number of Topliss-reactive ketones (excluding diaryl/α,β-unsaturated/α-hetero) is 1. The van der Waals surface area contributed by atoms with E-state index in [9.17, 15) is 22.8 Å². The van der Waals surface area contributed by atoms with Crippen LogP contribution in [0.2, 0.25) is 0 Å². The summed E-state index contributed by atoms with van der Waals surface area (Å²) in [6.07, 6.45) is 1.66. The Balaban J connectivity index is 1.50. The maximum Gasteiger partial charge on any atom is 0.435 e. The lowest BCUT2D eigenvalue weighted by Gasteiger charge is -2.31. The highest BCUT2D eigenvalue weighted by molar-refractivity contribution is 5.97. The molecule has 1 saturated carbocycles. The van der Waals surface area contributed by atoms with Gasteiger partial charge < -0.3 is 4.90 Å². The predicted octanol–water partition coefficient (Wildman–Crippen LogP) is 5.21. The van der Waals surface area contributed by atoms with Crippen LogP contribution in [-0.4, -0.2) is 28.5 Å². The first-order valence-corrected chi connectivity index (χ1v) is 11.7. The van der Waals surface area contributed by atoms with Gasteiger partial charge in [-0.1, -0.05) is 37.5 Å². The number of alkyl halides is 3. The first-order chi connectivity index (χ1) is 15.7. The predicted molar refractivity (Wildman–Crippen MR) is 119 cm³/mol. The molecule has 1 heterocycles. The lowest BCUT2D eigenvalue weighted by Crippen LogP contribution is -2.36. The number of carbonyl (C=O) groups excluding carboxylic acids is 2. The first kappa shape index (κ1) is 23.5. The minimum Gasteiger partial charge on any atom is -0.315 e. The number of benzene rings is 1. The highest BCUT2D eigenvalue weighted by Gasteiger charge is 2.40. The number of carbonyl (C=O) groups is 2. The van der Waals surface area contributed by atoms with Crippen LogP contribution >= 0.6 is 0 Å². The molecule has 2 aliphatic carbocycles. The van der Waals surface area contributed by atoms with E-state index in [4.69, 9.17) is 0 Å². The lowest BCUT2D eigenvalue weighted by molar-refractivity contribution is -0.142. The third-order valence-corrected chi connectivity index (χ3v) is 6.99. The van der Waals surface area contributed by atoms with Crippen molar-refractivity contribution in [2.75, 3.05) is 11.9 Å². The van der Waals surface area contributed by atoms with E-state index in [1.165, 1.54) is 4.68 Å². The lowest BCUT2D eigenvalue weighted by atomic mass is 9.77. The Kier molecular flexibility index (Phi) is 6.91. The molecule has 2 aromatic rings. The summed E-state index contributed by atoms with van der Waals surface area (Å²) in [6, 6.07) is 9.26. The number of amides is 1. The van der Waals surface area contributed by atoms with Crippen molar-refractivity contribution in [2.45, 2.75) is 70.5 Å². The molecule has 178 valence electrons. The van der Waals surface area contributed by atoms with Gasteiger partial charge in [-0.25, -0.2) is 0 Å². The van der Waals surface area contributed by atoms with Gasteiger partial charge in [-0.3, -0.25) is 14.3 Å². The van der Waals surface area contributed by atoms with E-state index >= 15 is 0 Å². The quantitative estimate of drug-likeness (QED) is 0.542. The topological polar surface area (TPSA) is 55.2 Å². The Morgan fingerprint density at radius 2 is 1.82 bits per heavy atom. The molecule has 0 saturated heterocycles. The Labute approximate surface area is 192 Å². The highest BCUT2D eigenvalue weighted by atomic mass is 19.4. The number of hydrogen-bond donors (Lipinski definition) is 0. The molecule has 1 fully saturated rings. The van der Waals surface area contributed by atoms with Gasteiger partial charge >= 0.3 is 6.18 Å². The van der Waals surface area contributed by atoms with Crippen molar-refractivity contribution in [1.29, 1.82) is 0 Å². The fourth-order valence-corrected chi connectivity index (χ4v) is 4.99. The monoisotopic (exact) mass is 461 g/mol. The van der Waals surface area contributed by atoms with Crippen LogP contribution in [0.25, 0.3) is 0 Å². The van der Waals surface area contributed by atoms with Crippen molar-refractivity contribution in [3.8, 4) is 0 Å². The van der Waals surface area contributed by atoms with Gasteiger partial charge in [0.05, 0.1) is 6.54 Å². The second kappa shape index (κ2) is 9.69. The summed E-state index contributed by atoms with van der Waals surface area (Å²) in [5, 5.41) is 3.80. The van der Waals surface area contributed by atoms with Gasteiger partial charge in [-0.15, -0.1) is 0 Å². The van der Waals surface area contributed by atoms with Crippen molar-refractivity contribution in [3.05, 3.63) is 47.3 Å². The number of halogens is 3. The molecule has 1 aromatic heterocycles. The summed E-state index contributed by atoms with van der Waals surface area (Å²) in [6.45, 7) is -0.220. The van der Waals surface area contributed by atoms with Gasteiger partial charge in [0.1, 0.15) is 0 Å². The van der Waals surface area contributed by atoms with E-state index in [1.54, 1.807) is 11.9 Å². The summed E-state index contributed by atoms with van der Waals surface area (Å²) in [5.41, 5.74) is 0.637. The van der Waals surface area contributed by atoms with Crippen LogP contribution < -0.4 is 4.90 Å². The number of fused-ring (bicyclic) bond motifs is 1. The summed E-state index contributed by atoms with van der Waals surface area (Å²) in [7, 11) is 1.70. The van der Waals surface area contributed by atoms with Crippen molar-refractivity contribution in [3.63, 3.8) is 0 Å². The molecule has 0 aliphatic heterocycles. The van der Waals surface area contributed by atoms with E-state index in [-0.39, 0.29) is 30.2 Å². The smallest absolute Gasteiger partial charge is 0.315 e. The fourth-order valence-electron chi connectivity index (χ4n) is 4.99. The molecule has 4 rings (SSSR count). The molecular weight excluding hydrogens is 431 g/mol. The summed E-state index contributed by atoms with van der Waals surface area (Å²) in [5.74, 6) is -0.439. The second-order valence-corrected chi connectivity index (χ2v) is 9.34. The third-order valence-electron chi connectivity index (χ3n) is 6.99. The number of aromatic nitrogens is 2. The largest absolute Gasteiger partial charge is 0.435 e. The summed E-state index contributed by atoms with van der Waals surface area (Å²) >= 11 is 0. The number of ketones is 1. The van der Waals surface area contributed by atoms with Crippen LogP contribution in [0, 0.1) is 11.8 Å². The molecule has 0 radical (unpaired) electrons. The molecule has 0 bridgehead atoms. The highest BCUT2D eigenvalue weighted by Crippen LogP contribution is 2.37. The zero-order valence-corrected chi connectivity index (χ0v) is 18.9. The van der Waals surface area contributed by atoms with Gasteiger partial charge in [0.25, 0.3) is 0 Å². The van der Waals surface area contributed by atoms with Crippen LogP contribution in [0.1, 0.15) is 61.9 Å². The maximum atomic E-state index is 13.5. The normalized spacial score (nSPS) is 17.2. The molecular formula is C25H30F3N3O2. The SMILES string of the molecule is CN(C(=O)C(CC(=O)Cn1nc(C(F)(F)F)c2c1CCCC2)CC1CCC1)c1ccccc1. The number of hydrogen-bond acceptors (Lipinski definition) is 3. The Bertz CT molecular complexity index is 996. The Morgan fingerprint density at radius 1 is 1.12 bits per heavy atom. The first-order valence-electron chi connectivity index (χ1n) is 11.7. The number of anilines is 1. The maximum absolute atomic E-state index is 13.5. The van der Waals surface area contributed by atoms with Gasteiger partial charge in [0.15, 0.2) is 11.5 Å². The van der Waals surface area contributed by atoms with E-state index in [2.05, 4.69) is 5.10 Å². The zero-order chi connectivity index (χ0) is 23.6. The second-order valence-electron chi connectivity index (χ2n) is 9.34. The molecule has 5 nitrogen and oxygen atoms in total. The van der Waals surface area contributed by atoms with Crippen LogP contribution in [0.3, 0.4) is 0 Å². The van der Waals surface area contributed by atoms with Gasteiger partial charge in [0.2, 0.25) is 5.91 Å². The van der Waals surface area contributed by atoms with E-state index in [1.807, 2.05) is 30.3 Å². The van der Waals surface area contributed by atoms with Crippen molar-refractivity contribution in [1.82, 2.24) is 9.78 Å². The molecule has 1 aromatic carbocycles. The van der Waals surface area contributed by atoms with E-state index < -0.39 is 17.8 Å². The standard InChI is InChI=1S/C25H30F3N3O2/c1-30(19-10-3-2-4-11-19)24(33)18(14-17-8-7-9-17)15-20(32)16-31-22-13-6-5-12-21(22)23(29-31)25(26,27)28/h2-4,10-11,17-18H,5-9,12-16H2,1H3. The number of rotatable bonds is 8. The third kappa shape index (κ3) is 5.31. The molecule has 1 amide bonds. The summed E-state index contributed by atoms with van der Waals surface area (Å²) in [4.78, 5) is 27.9.